The van der Waals surface area contributed by atoms with E-state index in [1.165, 1.54) is 5.56 Å². The van der Waals surface area contributed by atoms with Gasteiger partial charge in [-0.1, -0.05) is 32.0 Å². The molecule has 1 aromatic heterocycles. The van der Waals surface area contributed by atoms with Gasteiger partial charge < -0.3 is 20.6 Å². The van der Waals surface area contributed by atoms with Gasteiger partial charge >= 0.3 is 12.0 Å². The minimum absolute atomic E-state index is 0.258. The number of carbonyl (C=O) groups excluding carboxylic acids is 2. The van der Waals surface area contributed by atoms with Crippen LogP contribution in [0.2, 0.25) is 0 Å². The van der Waals surface area contributed by atoms with Crippen LogP contribution in [-0.4, -0.2) is 45.5 Å². The number of hydrogen-bond acceptors (Lipinski definition) is 4. The second-order valence-corrected chi connectivity index (χ2v) is 9.76. The van der Waals surface area contributed by atoms with Gasteiger partial charge in [-0.3, -0.25) is 4.79 Å². The highest BCUT2D eigenvalue weighted by atomic mass is 16.4. The van der Waals surface area contributed by atoms with Crippen molar-refractivity contribution in [1.29, 1.82) is 0 Å². The number of nitrogens with one attached hydrogen (secondary N) is 2. The van der Waals surface area contributed by atoms with Gasteiger partial charge in [0.15, 0.2) is 0 Å². The van der Waals surface area contributed by atoms with Gasteiger partial charge in [0.1, 0.15) is 11.9 Å². The molecule has 2 aromatic carbocycles. The number of pyridine rings is 1. The summed E-state index contributed by atoms with van der Waals surface area (Å²) in [5.74, 6) is -0.449. The molecule has 8 nitrogen and oxygen atoms in total. The Morgan fingerprint density at radius 1 is 0.973 bits per heavy atom. The van der Waals surface area contributed by atoms with Crippen LogP contribution >= 0.6 is 0 Å². The number of carboxylic acids is 1. The van der Waals surface area contributed by atoms with Crippen molar-refractivity contribution >= 4 is 29.4 Å². The van der Waals surface area contributed by atoms with Crippen LogP contribution in [-0.2, 0) is 4.79 Å². The number of aryl methyl sites for hydroxylation is 2. The highest BCUT2D eigenvalue weighted by Crippen LogP contribution is 2.26. The van der Waals surface area contributed by atoms with Gasteiger partial charge in [0.25, 0.3) is 0 Å². The smallest absolute Gasteiger partial charge is 0.335 e. The number of urea groups is 1. The average molecular weight is 501 g/mol. The summed E-state index contributed by atoms with van der Waals surface area (Å²) in [4.78, 5) is 43.2. The number of benzene rings is 2. The van der Waals surface area contributed by atoms with Crippen LogP contribution in [0.15, 0.2) is 54.7 Å². The van der Waals surface area contributed by atoms with Gasteiger partial charge in [-0.15, -0.1) is 0 Å². The Hall–Kier alpha value is -4.20. The first-order valence-corrected chi connectivity index (χ1v) is 12.4. The third kappa shape index (κ3) is 5.80. The predicted molar refractivity (Wildman–Crippen MR) is 144 cm³/mol. The SMILES string of the molecule is Cc1cc(-c2ccc(NC(=O)[C@H]3CCCN3C(=O)Nc3ccc(C(C)C)c(C)c3)nc2)ccc1C(=O)O. The van der Waals surface area contributed by atoms with E-state index in [1.54, 1.807) is 42.3 Å². The lowest BCUT2D eigenvalue weighted by Crippen LogP contribution is -2.45. The molecule has 0 unspecified atom stereocenters. The first-order valence-electron chi connectivity index (χ1n) is 12.4. The number of carbonyl (C=O) groups is 3. The van der Waals surface area contributed by atoms with E-state index in [2.05, 4.69) is 29.5 Å². The number of nitrogens with zero attached hydrogens (tertiary/aromatic N) is 2. The molecule has 0 spiro atoms. The summed E-state index contributed by atoms with van der Waals surface area (Å²) < 4.78 is 0. The third-order valence-corrected chi connectivity index (χ3v) is 6.76. The minimum Gasteiger partial charge on any atom is -0.478 e. The zero-order valence-corrected chi connectivity index (χ0v) is 21.5. The van der Waals surface area contributed by atoms with E-state index in [0.717, 1.165) is 23.1 Å². The summed E-state index contributed by atoms with van der Waals surface area (Å²) in [5.41, 5.74) is 5.62. The number of aromatic carboxylic acids is 1. The standard InChI is InChI=1S/C29H32N4O4/c1-17(2)23-11-9-22(15-19(23)4)31-29(37)33-13-5-6-25(33)27(34)32-26-12-8-21(16-30-26)20-7-10-24(28(35)36)18(3)14-20/h7-12,14-17,25H,5-6,13H2,1-4H3,(H,31,37)(H,35,36)(H,30,32,34)/t25-/m1/s1. The van der Waals surface area contributed by atoms with Gasteiger partial charge in [-0.25, -0.2) is 14.6 Å². The van der Waals surface area contributed by atoms with Crippen LogP contribution in [0, 0.1) is 13.8 Å². The van der Waals surface area contributed by atoms with Crippen molar-refractivity contribution in [2.75, 3.05) is 17.2 Å². The summed E-state index contributed by atoms with van der Waals surface area (Å²) in [6.45, 7) is 8.55. The Kier molecular flexibility index (Phi) is 7.57. The maximum Gasteiger partial charge on any atom is 0.335 e. The second-order valence-electron chi connectivity index (χ2n) is 9.76. The van der Waals surface area contributed by atoms with E-state index in [-0.39, 0.29) is 17.5 Å². The number of likely N-dealkylation sites (tertiary alicyclic amines) is 1. The molecule has 0 saturated carbocycles. The molecule has 3 amide bonds. The summed E-state index contributed by atoms with van der Waals surface area (Å²) in [7, 11) is 0. The topological polar surface area (TPSA) is 112 Å². The van der Waals surface area contributed by atoms with Crippen LogP contribution < -0.4 is 10.6 Å². The van der Waals surface area contributed by atoms with Crippen molar-refractivity contribution in [1.82, 2.24) is 9.88 Å². The van der Waals surface area contributed by atoms with Crippen molar-refractivity contribution in [3.63, 3.8) is 0 Å². The molecule has 8 heteroatoms. The van der Waals surface area contributed by atoms with Crippen molar-refractivity contribution < 1.29 is 19.5 Å². The molecule has 1 saturated heterocycles. The maximum absolute atomic E-state index is 13.0. The van der Waals surface area contributed by atoms with Crippen molar-refractivity contribution in [2.45, 2.75) is 52.5 Å². The first kappa shape index (κ1) is 25.9. The fourth-order valence-electron chi connectivity index (χ4n) is 4.81. The fourth-order valence-corrected chi connectivity index (χ4v) is 4.81. The van der Waals surface area contributed by atoms with Crippen LogP contribution in [0.1, 0.15) is 59.7 Å². The van der Waals surface area contributed by atoms with Gasteiger partial charge in [0.05, 0.1) is 5.56 Å². The summed E-state index contributed by atoms with van der Waals surface area (Å²) >= 11 is 0. The first-order chi connectivity index (χ1) is 17.6. The van der Waals surface area contributed by atoms with E-state index >= 15 is 0 Å². The summed E-state index contributed by atoms with van der Waals surface area (Å²) in [6.07, 6.45) is 2.96. The molecule has 4 rings (SSSR count). The van der Waals surface area contributed by atoms with Gasteiger partial charge in [0, 0.05) is 24.0 Å². The molecule has 1 aliphatic rings. The zero-order valence-electron chi connectivity index (χ0n) is 21.5. The number of hydrogen-bond donors (Lipinski definition) is 3. The van der Waals surface area contributed by atoms with Gasteiger partial charge in [-0.05, 0) is 85.2 Å². The van der Waals surface area contributed by atoms with E-state index in [4.69, 9.17) is 0 Å². The molecular weight excluding hydrogens is 468 g/mol. The zero-order chi connectivity index (χ0) is 26.7. The molecule has 3 N–H and O–H groups in total. The molecule has 0 bridgehead atoms. The van der Waals surface area contributed by atoms with Crippen molar-refractivity contribution in [2.24, 2.45) is 0 Å². The average Bonchev–Trinajstić information content (AvgIpc) is 3.34. The molecule has 192 valence electrons. The Balaban J connectivity index is 1.40. The lowest BCUT2D eigenvalue weighted by atomic mass is 9.98. The van der Waals surface area contributed by atoms with Crippen molar-refractivity contribution in [3.8, 4) is 11.1 Å². The molecule has 37 heavy (non-hydrogen) atoms. The Labute approximate surface area is 216 Å². The lowest BCUT2D eigenvalue weighted by molar-refractivity contribution is -0.119. The fraction of sp³-hybridized carbons (Fsp3) is 0.310. The quantitative estimate of drug-likeness (QED) is 0.395. The third-order valence-electron chi connectivity index (χ3n) is 6.76. The largest absolute Gasteiger partial charge is 0.478 e. The lowest BCUT2D eigenvalue weighted by Gasteiger charge is -2.24. The Morgan fingerprint density at radius 3 is 2.35 bits per heavy atom. The molecule has 1 aliphatic heterocycles. The number of rotatable bonds is 6. The summed E-state index contributed by atoms with van der Waals surface area (Å²) in [6, 6.07) is 13.6. The molecule has 0 aliphatic carbocycles. The van der Waals surface area contributed by atoms with E-state index in [9.17, 15) is 19.5 Å². The molecule has 3 aromatic rings. The van der Waals surface area contributed by atoms with Crippen LogP contribution in [0.25, 0.3) is 11.1 Å². The van der Waals surface area contributed by atoms with Crippen LogP contribution in [0.5, 0.6) is 0 Å². The van der Waals surface area contributed by atoms with E-state index < -0.39 is 12.0 Å². The highest BCUT2D eigenvalue weighted by Gasteiger charge is 2.34. The van der Waals surface area contributed by atoms with Gasteiger partial charge in [0.2, 0.25) is 5.91 Å². The van der Waals surface area contributed by atoms with Crippen LogP contribution in [0.4, 0.5) is 16.3 Å². The number of anilines is 2. The highest BCUT2D eigenvalue weighted by molar-refractivity contribution is 5.99. The molecule has 1 atom stereocenters. The Bertz CT molecular complexity index is 1330. The maximum atomic E-state index is 13.0. The van der Waals surface area contributed by atoms with Gasteiger partial charge in [-0.2, -0.15) is 0 Å². The predicted octanol–water partition coefficient (Wildman–Crippen LogP) is 5.82. The molecular formula is C29H32N4O4. The molecule has 2 heterocycles. The minimum atomic E-state index is -0.964. The van der Waals surface area contributed by atoms with Crippen molar-refractivity contribution in [3.05, 3.63) is 77.0 Å². The number of carboxylic acid groups (broad SMARTS) is 1. The monoisotopic (exact) mass is 500 g/mol. The molecule has 1 fully saturated rings. The second kappa shape index (κ2) is 10.8. The summed E-state index contributed by atoms with van der Waals surface area (Å²) in [5, 5.41) is 15.0. The molecule has 0 radical (unpaired) electrons. The number of amides is 3. The van der Waals surface area contributed by atoms with E-state index in [0.29, 0.717) is 36.0 Å². The normalized spacial score (nSPS) is 15.1. The van der Waals surface area contributed by atoms with E-state index in [1.807, 2.05) is 31.2 Å². The Morgan fingerprint density at radius 2 is 1.73 bits per heavy atom. The van der Waals surface area contributed by atoms with Crippen LogP contribution in [0.3, 0.4) is 0 Å². The number of aromatic nitrogens is 1.